The van der Waals surface area contributed by atoms with Crippen molar-refractivity contribution >= 4 is 33.7 Å². The van der Waals surface area contributed by atoms with Gasteiger partial charge in [0.2, 0.25) is 0 Å². The highest BCUT2D eigenvalue weighted by Gasteiger charge is 2.32. The fraction of sp³-hybridized carbons (Fsp3) is 0.0513. The molecule has 0 bridgehead atoms. The summed E-state index contributed by atoms with van der Waals surface area (Å²) in [6.07, 6.45) is 0. The van der Waals surface area contributed by atoms with Crippen LogP contribution in [0.25, 0.3) is 44.3 Å². The van der Waals surface area contributed by atoms with Gasteiger partial charge in [0.15, 0.2) is 0 Å². The Morgan fingerprint density at radius 3 is 1.69 bits per heavy atom. The molecule has 202 valence electrons. The fourth-order valence-electron chi connectivity index (χ4n) is 6.13. The third-order valence-electron chi connectivity index (χ3n) is 7.83. The van der Waals surface area contributed by atoms with Crippen LogP contribution < -0.4 is 5.32 Å². The van der Waals surface area contributed by atoms with Crippen LogP contribution in [0.5, 0.6) is 0 Å². The number of hydrogen-bond donors (Lipinski definition) is 1. The van der Waals surface area contributed by atoms with Gasteiger partial charge in [0.25, 0.3) is 0 Å². The number of nitrogens with one attached hydrogen (secondary N) is 1. The third-order valence-corrected chi connectivity index (χ3v) is 7.83. The third kappa shape index (κ3) is 4.27. The summed E-state index contributed by atoms with van der Waals surface area (Å²) >= 11 is 0. The Labute approximate surface area is 245 Å². The maximum atomic E-state index is 14.1. The summed E-state index contributed by atoms with van der Waals surface area (Å²) in [5.74, 6) is -0.344. The molecule has 0 aliphatic carbocycles. The molecule has 3 nitrogen and oxygen atoms in total. The minimum Gasteiger partial charge on any atom is -0.462 e. The molecule has 1 aliphatic rings. The molecule has 0 fully saturated rings. The molecule has 42 heavy (non-hydrogen) atoms. The first-order chi connectivity index (χ1) is 20.8. The van der Waals surface area contributed by atoms with Crippen LogP contribution in [-0.4, -0.2) is 12.6 Å². The van der Waals surface area contributed by atoms with E-state index in [1.54, 1.807) is 0 Å². The van der Waals surface area contributed by atoms with Crippen LogP contribution in [0.1, 0.15) is 34.0 Å². The first-order valence-electron chi connectivity index (χ1n) is 14.3. The average molecular weight is 544 g/mol. The van der Waals surface area contributed by atoms with Crippen molar-refractivity contribution in [1.82, 2.24) is 0 Å². The van der Waals surface area contributed by atoms with Gasteiger partial charge in [-0.25, -0.2) is 4.79 Å². The number of ether oxygens (including phenoxy) is 1. The van der Waals surface area contributed by atoms with Crippen molar-refractivity contribution in [3.63, 3.8) is 0 Å². The molecular formula is C39H29NO2. The van der Waals surface area contributed by atoms with E-state index in [0.717, 1.165) is 66.7 Å². The lowest BCUT2D eigenvalue weighted by Gasteiger charge is -2.30. The number of carbonyl (C=O) groups is 1. The standard InChI is InChI=1S/C39H29NO2/c1-2-42-39(41)36-34(28-20-11-5-12-21-28)32(26-16-7-3-8-17-26)30-24-15-25-31-33(27-18-9-4-10-19-27)37(40-38(36)35(30)31)29-22-13-6-14-23-29/h3-25,40H,2H2,1H3. The Hall–Kier alpha value is -5.41. The van der Waals surface area contributed by atoms with Crippen LogP contribution in [0, 0.1) is 0 Å². The van der Waals surface area contributed by atoms with Crippen LogP contribution in [-0.2, 0) is 4.74 Å². The summed E-state index contributed by atoms with van der Waals surface area (Å²) in [7, 11) is 0. The quantitative estimate of drug-likeness (QED) is 0.213. The molecule has 7 rings (SSSR count). The number of rotatable bonds is 6. The van der Waals surface area contributed by atoms with E-state index in [2.05, 4.69) is 84.2 Å². The monoisotopic (exact) mass is 543 g/mol. The van der Waals surface area contributed by atoms with E-state index >= 15 is 0 Å². The molecule has 0 radical (unpaired) electrons. The maximum Gasteiger partial charge on any atom is 0.340 e. The fourth-order valence-corrected chi connectivity index (χ4v) is 6.13. The van der Waals surface area contributed by atoms with Crippen molar-refractivity contribution in [2.24, 2.45) is 0 Å². The number of anilines is 1. The van der Waals surface area contributed by atoms with Crippen LogP contribution >= 0.6 is 0 Å². The van der Waals surface area contributed by atoms with Gasteiger partial charge in [0.1, 0.15) is 0 Å². The van der Waals surface area contributed by atoms with Gasteiger partial charge in [-0.05, 0) is 45.7 Å². The Kier molecular flexibility index (Phi) is 6.61. The van der Waals surface area contributed by atoms with E-state index in [-0.39, 0.29) is 12.6 Å². The second-order valence-corrected chi connectivity index (χ2v) is 10.3. The Bertz CT molecular complexity index is 1950. The lowest BCUT2D eigenvalue weighted by atomic mass is 9.79. The zero-order chi connectivity index (χ0) is 28.5. The minimum atomic E-state index is -0.344. The molecule has 1 aliphatic heterocycles. The highest BCUT2D eigenvalue weighted by molar-refractivity contribution is 6.26. The van der Waals surface area contributed by atoms with Gasteiger partial charge in [0.05, 0.1) is 23.6 Å². The molecule has 0 spiro atoms. The van der Waals surface area contributed by atoms with Crippen LogP contribution in [0.15, 0.2) is 140 Å². The Morgan fingerprint density at radius 2 is 1.12 bits per heavy atom. The van der Waals surface area contributed by atoms with E-state index in [1.165, 1.54) is 0 Å². The van der Waals surface area contributed by atoms with Gasteiger partial charge < -0.3 is 10.1 Å². The average Bonchev–Trinajstić information content (AvgIpc) is 3.06. The lowest BCUT2D eigenvalue weighted by molar-refractivity contribution is 0.0528. The second kappa shape index (κ2) is 10.9. The SMILES string of the molecule is CCOC(=O)c1c(-c2ccccc2)c(-c2ccccc2)c2cccc3c2c1NC(c1ccccc1)=C3c1ccccc1. The van der Waals surface area contributed by atoms with Crippen LogP contribution in [0.2, 0.25) is 0 Å². The summed E-state index contributed by atoms with van der Waals surface area (Å²) in [5, 5.41) is 5.89. The second-order valence-electron chi connectivity index (χ2n) is 10.3. The molecule has 0 unspecified atom stereocenters. The molecule has 0 saturated carbocycles. The predicted molar refractivity (Wildman–Crippen MR) is 173 cm³/mol. The smallest absolute Gasteiger partial charge is 0.340 e. The van der Waals surface area contributed by atoms with Crippen LogP contribution in [0.3, 0.4) is 0 Å². The van der Waals surface area contributed by atoms with Crippen molar-refractivity contribution in [2.75, 3.05) is 11.9 Å². The summed E-state index contributed by atoms with van der Waals surface area (Å²) in [6, 6.07) is 47.8. The minimum absolute atomic E-state index is 0.281. The highest BCUT2D eigenvalue weighted by atomic mass is 16.5. The zero-order valence-electron chi connectivity index (χ0n) is 23.3. The number of esters is 1. The summed E-state index contributed by atoms with van der Waals surface area (Å²) in [4.78, 5) is 14.1. The topological polar surface area (TPSA) is 38.3 Å². The normalized spacial score (nSPS) is 12.2. The maximum absolute atomic E-state index is 14.1. The first-order valence-corrected chi connectivity index (χ1v) is 14.3. The van der Waals surface area contributed by atoms with Crippen molar-refractivity contribution in [3.8, 4) is 22.3 Å². The van der Waals surface area contributed by atoms with E-state index in [4.69, 9.17) is 4.74 Å². The summed E-state index contributed by atoms with van der Waals surface area (Å²) in [6.45, 7) is 2.13. The molecule has 0 saturated heterocycles. The molecule has 0 amide bonds. The molecule has 1 N–H and O–H groups in total. The molecule has 6 aromatic carbocycles. The number of benzene rings is 6. The van der Waals surface area contributed by atoms with Crippen molar-refractivity contribution in [2.45, 2.75) is 6.92 Å². The largest absolute Gasteiger partial charge is 0.462 e. The lowest BCUT2D eigenvalue weighted by Crippen LogP contribution is -2.17. The Balaban J connectivity index is 1.68. The molecule has 6 aromatic rings. The molecular weight excluding hydrogens is 514 g/mol. The Morgan fingerprint density at radius 1 is 0.595 bits per heavy atom. The number of carbonyl (C=O) groups excluding carboxylic acids is 1. The zero-order valence-corrected chi connectivity index (χ0v) is 23.3. The van der Waals surface area contributed by atoms with Gasteiger partial charge in [-0.3, -0.25) is 0 Å². The predicted octanol–water partition coefficient (Wildman–Crippen LogP) is 9.69. The van der Waals surface area contributed by atoms with Gasteiger partial charge >= 0.3 is 5.97 Å². The van der Waals surface area contributed by atoms with Crippen molar-refractivity contribution < 1.29 is 9.53 Å². The first kappa shape index (κ1) is 25.6. The molecule has 0 atom stereocenters. The summed E-state index contributed by atoms with van der Waals surface area (Å²) in [5.41, 5.74) is 10.5. The molecule has 0 aromatic heterocycles. The van der Waals surface area contributed by atoms with E-state index in [0.29, 0.717) is 5.56 Å². The van der Waals surface area contributed by atoms with Gasteiger partial charge in [-0.2, -0.15) is 0 Å². The van der Waals surface area contributed by atoms with Gasteiger partial charge in [0, 0.05) is 16.5 Å². The number of hydrogen-bond acceptors (Lipinski definition) is 3. The van der Waals surface area contributed by atoms with E-state index in [9.17, 15) is 4.79 Å². The highest BCUT2D eigenvalue weighted by Crippen LogP contribution is 2.52. The van der Waals surface area contributed by atoms with Crippen molar-refractivity contribution in [1.29, 1.82) is 0 Å². The molecule has 3 heteroatoms. The summed E-state index contributed by atoms with van der Waals surface area (Å²) < 4.78 is 5.79. The van der Waals surface area contributed by atoms with E-state index in [1.807, 2.05) is 67.6 Å². The molecule has 1 heterocycles. The van der Waals surface area contributed by atoms with Gasteiger partial charge in [-0.15, -0.1) is 0 Å². The van der Waals surface area contributed by atoms with Gasteiger partial charge in [-0.1, -0.05) is 140 Å². The van der Waals surface area contributed by atoms with Crippen LogP contribution in [0.4, 0.5) is 5.69 Å². The van der Waals surface area contributed by atoms with E-state index < -0.39 is 0 Å². The van der Waals surface area contributed by atoms with Crippen molar-refractivity contribution in [3.05, 3.63) is 162 Å².